The van der Waals surface area contributed by atoms with Crippen molar-refractivity contribution in [3.63, 3.8) is 0 Å². The van der Waals surface area contributed by atoms with Crippen LogP contribution in [0.15, 0.2) is 85.1 Å². The molecule has 4 aromatic rings. The Kier molecular flexibility index (Phi) is 10.5. The largest absolute Gasteiger partial charge is 0.618 e. The van der Waals surface area contributed by atoms with Gasteiger partial charge in [0, 0.05) is 30.3 Å². The zero-order valence-corrected chi connectivity index (χ0v) is 27.0. The third-order valence-electron chi connectivity index (χ3n) is 8.07. The number of nitrogens with zero attached hydrogens (tertiary/aromatic N) is 3. The summed E-state index contributed by atoms with van der Waals surface area (Å²) in [4.78, 5) is 2.17. The minimum atomic E-state index is -4.75. The fourth-order valence-corrected chi connectivity index (χ4v) is 7.72. The van der Waals surface area contributed by atoms with Crippen molar-refractivity contribution in [3.05, 3.63) is 117 Å². The van der Waals surface area contributed by atoms with E-state index in [1.54, 1.807) is 0 Å². The van der Waals surface area contributed by atoms with Gasteiger partial charge in [0.25, 0.3) is 5.15 Å². The quantitative estimate of drug-likeness (QED) is 0.105. The SMILES string of the molecule is O=S(=O)(CCCO)N(c1cc[n+]([O-])c(Cl)c1)c1cccc(C(F)(F)F)c1C1CCN(Cc2ccc(-c3ccc(Cl)cc3)cc2)CC1. The molecule has 244 valence electrons. The molecule has 0 aliphatic carbocycles. The number of rotatable bonds is 10. The van der Waals surface area contributed by atoms with Crippen LogP contribution in [0.2, 0.25) is 10.2 Å². The highest BCUT2D eigenvalue weighted by atomic mass is 35.5. The summed E-state index contributed by atoms with van der Waals surface area (Å²) in [6, 6.07) is 21.4. The number of aliphatic hydroxyl groups is 1. The molecule has 1 aliphatic rings. The van der Waals surface area contributed by atoms with Gasteiger partial charge in [0.1, 0.15) is 0 Å². The Labute approximate surface area is 276 Å². The number of piperidine rings is 1. The van der Waals surface area contributed by atoms with Gasteiger partial charge in [-0.3, -0.25) is 4.90 Å². The fraction of sp³-hybridized carbons (Fsp3) is 0.303. The van der Waals surface area contributed by atoms with Crippen molar-refractivity contribution in [2.45, 2.75) is 37.9 Å². The van der Waals surface area contributed by atoms with E-state index in [1.807, 2.05) is 48.5 Å². The van der Waals surface area contributed by atoms with Crippen LogP contribution in [-0.2, 0) is 22.7 Å². The molecule has 0 atom stereocenters. The Morgan fingerprint density at radius 1 is 0.957 bits per heavy atom. The van der Waals surface area contributed by atoms with Gasteiger partial charge >= 0.3 is 6.18 Å². The number of hydrogen-bond acceptors (Lipinski definition) is 5. The maximum absolute atomic E-state index is 14.5. The number of alkyl halides is 3. The molecule has 5 rings (SSSR count). The van der Waals surface area contributed by atoms with E-state index in [4.69, 9.17) is 23.2 Å². The Morgan fingerprint density at radius 2 is 1.59 bits per heavy atom. The second-order valence-electron chi connectivity index (χ2n) is 11.2. The Balaban J connectivity index is 1.43. The Bertz CT molecular complexity index is 1760. The summed E-state index contributed by atoms with van der Waals surface area (Å²) in [5, 5.41) is 21.6. The zero-order valence-electron chi connectivity index (χ0n) is 24.6. The highest BCUT2D eigenvalue weighted by Crippen LogP contribution is 2.46. The number of sulfonamides is 1. The van der Waals surface area contributed by atoms with Gasteiger partial charge in [-0.25, -0.2) is 12.7 Å². The lowest BCUT2D eigenvalue weighted by atomic mass is 9.84. The summed E-state index contributed by atoms with van der Waals surface area (Å²) in [7, 11) is -4.30. The van der Waals surface area contributed by atoms with Gasteiger partial charge < -0.3 is 10.3 Å². The van der Waals surface area contributed by atoms with Crippen LogP contribution in [0.25, 0.3) is 11.1 Å². The molecule has 0 unspecified atom stereocenters. The zero-order chi connectivity index (χ0) is 33.1. The van der Waals surface area contributed by atoms with Crippen LogP contribution in [0.4, 0.5) is 24.5 Å². The number of likely N-dealkylation sites (tertiary alicyclic amines) is 1. The van der Waals surface area contributed by atoms with Gasteiger partial charge in [-0.15, -0.1) is 0 Å². The number of aliphatic hydroxyl groups excluding tert-OH is 1. The molecular formula is C33H32Cl2F3N3O4S. The number of benzene rings is 3. The smallest absolute Gasteiger partial charge is 0.416 e. The second-order valence-corrected chi connectivity index (χ2v) is 13.9. The van der Waals surface area contributed by atoms with Crippen molar-refractivity contribution < 1.29 is 31.4 Å². The van der Waals surface area contributed by atoms with Crippen molar-refractivity contribution in [1.29, 1.82) is 0 Å². The first-order chi connectivity index (χ1) is 21.9. The number of aromatic nitrogens is 1. The average Bonchev–Trinajstić information content (AvgIpc) is 3.02. The van der Waals surface area contributed by atoms with E-state index in [0.717, 1.165) is 39.3 Å². The van der Waals surface area contributed by atoms with E-state index in [1.165, 1.54) is 18.2 Å². The molecule has 1 fully saturated rings. The number of halogens is 5. The molecule has 0 spiro atoms. The van der Waals surface area contributed by atoms with E-state index in [-0.39, 0.29) is 28.5 Å². The van der Waals surface area contributed by atoms with Crippen LogP contribution >= 0.6 is 23.2 Å². The van der Waals surface area contributed by atoms with Crippen LogP contribution in [0.3, 0.4) is 0 Å². The topological polar surface area (TPSA) is 87.8 Å². The summed E-state index contributed by atoms with van der Waals surface area (Å²) in [5.41, 5.74) is 1.88. The van der Waals surface area contributed by atoms with Crippen LogP contribution in [0.1, 0.15) is 41.9 Å². The fourth-order valence-electron chi connectivity index (χ4n) is 5.85. The molecule has 46 heavy (non-hydrogen) atoms. The molecule has 1 N–H and O–H groups in total. The number of pyridine rings is 1. The van der Waals surface area contributed by atoms with Crippen LogP contribution < -0.4 is 9.04 Å². The molecule has 0 saturated carbocycles. The molecule has 1 aliphatic heterocycles. The van der Waals surface area contributed by atoms with Gasteiger partial charge in [-0.2, -0.15) is 17.9 Å². The summed E-state index contributed by atoms with van der Waals surface area (Å²) in [6.07, 6.45) is -3.15. The van der Waals surface area contributed by atoms with Crippen molar-refractivity contribution >= 4 is 44.6 Å². The van der Waals surface area contributed by atoms with Crippen molar-refractivity contribution in [2.75, 3.05) is 29.8 Å². The van der Waals surface area contributed by atoms with Gasteiger partial charge in [0.15, 0.2) is 6.20 Å². The third-order valence-corrected chi connectivity index (χ3v) is 10.4. The predicted octanol–water partition coefficient (Wildman–Crippen LogP) is 7.54. The summed E-state index contributed by atoms with van der Waals surface area (Å²) in [6.45, 7) is 1.18. The van der Waals surface area contributed by atoms with Crippen molar-refractivity contribution in [3.8, 4) is 11.1 Å². The highest BCUT2D eigenvalue weighted by molar-refractivity contribution is 7.93. The van der Waals surface area contributed by atoms with E-state index in [9.17, 15) is 31.9 Å². The first kappa shape index (κ1) is 34.0. The standard InChI is InChI=1S/C33H32Cl2F3N3O4S/c34-27-11-9-25(10-12-27)24-7-5-23(6-8-24)22-39-16-13-26(14-17-39)32-29(33(36,37)38)3-1-4-30(32)41(46(44,45)20-2-19-42)28-15-18-40(43)31(35)21-28/h1,3-12,15,18,21,26,42H,2,13-14,16-17,19-20,22H2. The van der Waals surface area contributed by atoms with Gasteiger partial charge in [0.2, 0.25) is 10.0 Å². The molecule has 13 heteroatoms. The first-order valence-electron chi connectivity index (χ1n) is 14.7. The van der Waals surface area contributed by atoms with Gasteiger partial charge in [-0.05, 0) is 96.4 Å². The number of anilines is 2. The molecule has 7 nitrogen and oxygen atoms in total. The monoisotopic (exact) mass is 693 g/mol. The minimum absolute atomic E-state index is 0.0740. The summed E-state index contributed by atoms with van der Waals surface area (Å²) >= 11 is 12.0. The Hall–Kier alpha value is -3.35. The Morgan fingerprint density at radius 3 is 2.17 bits per heavy atom. The van der Waals surface area contributed by atoms with E-state index in [0.29, 0.717) is 42.2 Å². The second kappa shape index (κ2) is 14.2. The molecule has 1 aromatic heterocycles. The van der Waals surface area contributed by atoms with Gasteiger partial charge in [0.05, 0.1) is 22.7 Å². The molecule has 3 aromatic carbocycles. The van der Waals surface area contributed by atoms with Crippen LogP contribution in [0, 0.1) is 5.21 Å². The van der Waals surface area contributed by atoms with Crippen molar-refractivity contribution in [2.24, 2.45) is 0 Å². The molecule has 0 radical (unpaired) electrons. The van der Waals surface area contributed by atoms with Crippen molar-refractivity contribution in [1.82, 2.24) is 4.90 Å². The third kappa shape index (κ3) is 7.78. The van der Waals surface area contributed by atoms with Crippen LogP contribution in [0.5, 0.6) is 0 Å². The maximum Gasteiger partial charge on any atom is 0.416 e. The predicted molar refractivity (Wildman–Crippen MR) is 174 cm³/mol. The maximum atomic E-state index is 14.5. The van der Waals surface area contributed by atoms with E-state index in [2.05, 4.69) is 4.90 Å². The summed E-state index contributed by atoms with van der Waals surface area (Å²) < 4.78 is 72.0. The molecular weight excluding hydrogens is 662 g/mol. The lowest BCUT2D eigenvalue weighted by Crippen LogP contribution is -2.35. The molecule has 0 bridgehead atoms. The van der Waals surface area contributed by atoms with E-state index >= 15 is 0 Å². The normalized spacial score (nSPS) is 14.8. The lowest BCUT2D eigenvalue weighted by Gasteiger charge is -2.36. The average molecular weight is 695 g/mol. The molecule has 1 saturated heterocycles. The minimum Gasteiger partial charge on any atom is -0.618 e. The van der Waals surface area contributed by atoms with E-state index < -0.39 is 40.0 Å². The molecule has 2 heterocycles. The molecule has 0 amide bonds. The number of hydrogen-bond donors (Lipinski definition) is 1. The van der Waals surface area contributed by atoms with Crippen LogP contribution in [-0.4, -0.2) is 43.9 Å². The van der Waals surface area contributed by atoms with Gasteiger partial charge in [-0.1, -0.05) is 54.1 Å². The summed E-state index contributed by atoms with van der Waals surface area (Å²) in [5.74, 6) is -1.13. The first-order valence-corrected chi connectivity index (χ1v) is 17.0. The lowest BCUT2D eigenvalue weighted by molar-refractivity contribution is -0.602. The highest BCUT2D eigenvalue weighted by Gasteiger charge is 2.40.